The molecular weight excluding hydrogens is 514 g/mol. The molecule has 3 N–H and O–H groups in total. The molecule has 3 rings (SSSR count). The number of nitrogens with zero attached hydrogens (tertiary/aromatic N) is 3. The lowest BCUT2D eigenvalue weighted by Crippen LogP contribution is -2.40. The molecule has 2 heterocycles. The molecule has 2 unspecified atom stereocenters. The van der Waals surface area contributed by atoms with Crippen LogP contribution in [-0.2, 0) is 14.9 Å². The third-order valence-corrected chi connectivity index (χ3v) is 6.68. The van der Waals surface area contributed by atoms with E-state index >= 15 is 0 Å². The summed E-state index contributed by atoms with van der Waals surface area (Å²) < 4.78 is 36.9. The molecule has 0 aliphatic carbocycles. The molecule has 2 aliphatic heterocycles. The SMILES string of the molecule is CC1=CCC(C(N=C2NS(=O)(=O)N=C2Nc2ccc(Br)c(C(=O)N(C)C)c2O)C(C)(C)C)O1. The normalized spacial score (nSPS) is 21.7. The smallest absolute Gasteiger partial charge is 0.345 e. The van der Waals surface area contributed by atoms with Crippen LogP contribution in [0.15, 0.2) is 37.8 Å². The molecule has 12 heteroatoms. The molecule has 1 aromatic carbocycles. The highest BCUT2D eigenvalue weighted by Crippen LogP contribution is 2.35. The summed E-state index contributed by atoms with van der Waals surface area (Å²) in [5.41, 5.74) is -0.206. The predicted molar refractivity (Wildman–Crippen MR) is 131 cm³/mol. The van der Waals surface area contributed by atoms with Crippen molar-refractivity contribution in [3.8, 4) is 5.75 Å². The van der Waals surface area contributed by atoms with Crippen LogP contribution in [0.4, 0.5) is 5.69 Å². The van der Waals surface area contributed by atoms with Crippen LogP contribution in [0.5, 0.6) is 5.75 Å². The summed E-state index contributed by atoms with van der Waals surface area (Å²) in [6.07, 6.45) is 2.37. The molecule has 0 radical (unpaired) electrons. The van der Waals surface area contributed by atoms with Crippen molar-refractivity contribution in [2.45, 2.75) is 46.3 Å². The molecule has 0 aromatic heterocycles. The first kappa shape index (κ1) is 25.0. The third kappa shape index (κ3) is 5.49. The first-order valence-corrected chi connectivity index (χ1v) is 12.5. The first-order valence-electron chi connectivity index (χ1n) is 10.2. The predicted octanol–water partition coefficient (Wildman–Crippen LogP) is 3.02. The second kappa shape index (κ2) is 8.98. The van der Waals surface area contributed by atoms with Gasteiger partial charge in [0.15, 0.2) is 17.4 Å². The Kier molecular flexibility index (Phi) is 6.81. The Morgan fingerprint density at radius 2 is 2.06 bits per heavy atom. The van der Waals surface area contributed by atoms with Crippen LogP contribution in [0.3, 0.4) is 0 Å². The van der Waals surface area contributed by atoms with Crippen LogP contribution in [-0.4, -0.2) is 62.2 Å². The van der Waals surface area contributed by atoms with E-state index in [1.54, 1.807) is 20.2 Å². The number of carbonyl (C=O) groups is 1. The number of anilines is 1. The van der Waals surface area contributed by atoms with Gasteiger partial charge in [0.05, 0.1) is 23.1 Å². The highest BCUT2D eigenvalue weighted by atomic mass is 79.9. The van der Waals surface area contributed by atoms with Gasteiger partial charge < -0.3 is 20.1 Å². The van der Waals surface area contributed by atoms with E-state index in [0.717, 1.165) is 5.76 Å². The molecule has 0 bridgehead atoms. The minimum Gasteiger partial charge on any atom is -0.505 e. The van der Waals surface area contributed by atoms with Crippen molar-refractivity contribution in [2.24, 2.45) is 14.8 Å². The topological polar surface area (TPSA) is 133 Å². The average molecular weight is 542 g/mol. The zero-order valence-electron chi connectivity index (χ0n) is 19.3. The van der Waals surface area contributed by atoms with Gasteiger partial charge in [-0.3, -0.25) is 9.79 Å². The minimum absolute atomic E-state index is 0.00545. The molecule has 1 amide bonds. The molecule has 0 fully saturated rings. The van der Waals surface area contributed by atoms with E-state index in [1.165, 1.54) is 11.0 Å². The number of phenolic OH excluding ortho intramolecular Hbond substituents is 1. The van der Waals surface area contributed by atoms with Gasteiger partial charge >= 0.3 is 10.2 Å². The highest BCUT2D eigenvalue weighted by molar-refractivity contribution is 9.10. The van der Waals surface area contributed by atoms with E-state index in [-0.39, 0.29) is 40.2 Å². The maximum Gasteiger partial charge on any atom is 0.345 e. The van der Waals surface area contributed by atoms with Crippen molar-refractivity contribution in [3.63, 3.8) is 0 Å². The van der Waals surface area contributed by atoms with Crippen LogP contribution in [0.25, 0.3) is 0 Å². The highest BCUT2D eigenvalue weighted by Gasteiger charge is 2.38. The van der Waals surface area contributed by atoms with E-state index in [9.17, 15) is 18.3 Å². The van der Waals surface area contributed by atoms with Crippen LogP contribution in [0, 0.1) is 5.41 Å². The van der Waals surface area contributed by atoms with E-state index in [2.05, 4.69) is 35.4 Å². The number of amidine groups is 2. The average Bonchev–Trinajstić information content (AvgIpc) is 3.22. The van der Waals surface area contributed by atoms with Gasteiger partial charge in [-0.15, -0.1) is 4.40 Å². The number of ether oxygens (including phenoxy) is 1. The van der Waals surface area contributed by atoms with Crippen LogP contribution in [0.1, 0.15) is 44.5 Å². The van der Waals surface area contributed by atoms with E-state index in [0.29, 0.717) is 10.9 Å². The van der Waals surface area contributed by atoms with Gasteiger partial charge in [-0.1, -0.05) is 20.8 Å². The quantitative estimate of drug-likeness (QED) is 0.501. The summed E-state index contributed by atoms with van der Waals surface area (Å²) in [6.45, 7) is 7.84. The van der Waals surface area contributed by atoms with Gasteiger partial charge in [0.1, 0.15) is 6.10 Å². The third-order valence-electron chi connectivity index (χ3n) is 5.14. The van der Waals surface area contributed by atoms with Crippen LogP contribution in [0.2, 0.25) is 0 Å². The first-order chi connectivity index (χ1) is 15.2. The van der Waals surface area contributed by atoms with Crippen LogP contribution < -0.4 is 10.0 Å². The van der Waals surface area contributed by atoms with Crippen LogP contribution >= 0.6 is 15.9 Å². The molecule has 1 aromatic rings. The zero-order valence-corrected chi connectivity index (χ0v) is 21.7. The Bertz CT molecular complexity index is 1170. The Hall–Kier alpha value is -2.60. The minimum atomic E-state index is -4.03. The lowest BCUT2D eigenvalue weighted by Gasteiger charge is -2.32. The molecule has 2 atom stereocenters. The number of halogens is 1. The maximum absolute atomic E-state index is 12.5. The van der Waals surface area contributed by atoms with Crippen molar-refractivity contribution in [1.29, 1.82) is 0 Å². The van der Waals surface area contributed by atoms with Crippen molar-refractivity contribution >= 4 is 49.4 Å². The fourth-order valence-corrected chi connectivity index (χ4v) is 4.83. The molecule has 10 nitrogen and oxygen atoms in total. The number of carbonyl (C=O) groups excluding carboxylic acids is 1. The number of amides is 1. The standard InChI is InChI=1S/C21H28BrN5O5S/c1-11-7-10-14(32-11)17(21(2,3)4)24-19-18(25-33(30,31)26-19)23-13-9-8-12(22)15(16(13)28)20(29)27(5)6/h7-9,14,17,28H,10H2,1-6H3,(H,23,25)(H,24,26). The Morgan fingerprint density at radius 1 is 1.39 bits per heavy atom. The number of aliphatic imine (C=N–C) groups is 1. The Morgan fingerprint density at radius 3 is 2.61 bits per heavy atom. The number of allylic oxidation sites excluding steroid dienone is 1. The lowest BCUT2D eigenvalue weighted by atomic mass is 9.83. The van der Waals surface area contributed by atoms with E-state index in [1.807, 2.05) is 33.8 Å². The van der Waals surface area contributed by atoms with Gasteiger partial charge in [0.2, 0.25) is 0 Å². The van der Waals surface area contributed by atoms with Gasteiger partial charge in [0.25, 0.3) is 5.91 Å². The van der Waals surface area contributed by atoms with Crippen molar-refractivity contribution in [1.82, 2.24) is 9.62 Å². The van der Waals surface area contributed by atoms with Crippen molar-refractivity contribution in [3.05, 3.63) is 34.0 Å². The number of phenols is 1. The fourth-order valence-electron chi connectivity index (χ4n) is 3.53. The molecule has 0 saturated carbocycles. The second-order valence-corrected chi connectivity index (χ2v) is 11.3. The number of aromatic hydroxyl groups is 1. The van der Waals surface area contributed by atoms with Gasteiger partial charge in [0, 0.05) is 25.0 Å². The fraction of sp³-hybridized carbons (Fsp3) is 0.476. The summed E-state index contributed by atoms with van der Waals surface area (Å²) in [7, 11) is -0.905. The maximum atomic E-state index is 12.5. The molecule has 0 saturated heterocycles. The summed E-state index contributed by atoms with van der Waals surface area (Å²) >= 11 is 3.27. The molecule has 2 aliphatic rings. The number of hydrogen-bond acceptors (Lipinski definition) is 7. The summed E-state index contributed by atoms with van der Waals surface area (Å²) in [5, 5.41) is 13.6. The van der Waals surface area contributed by atoms with Gasteiger partial charge in [-0.25, -0.2) is 4.72 Å². The largest absolute Gasteiger partial charge is 0.505 e. The van der Waals surface area contributed by atoms with Crippen molar-refractivity contribution in [2.75, 3.05) is 19.4 Å². The molecular formula is C21H28BrN5O5S. The molecule has 0 spiro atoms. The monoisotopic (exact) mass is 541 g/mol. The van der Waals surface area contributed by atoms with Gasteiger partial charge in [-0.2, -0.15) is 8.42 Å². The number of rotatable bonds is 4. The van der Waals surface area contributed by atoms with Gasteiger partial charge in [-0.05, 0) is 46.5 Å². The summed E-state index contributed by atoms with van der Waals surface area (Å²) in [4.78, 5) is 18.5. The summed E-state index contributed by atoms with van der Waals surface area (Å²) in [5.74, 6) is -0.0594. The molecule has 180 valence electrons. The lowest BCUT2D eigenvalue weighted by molar-refractivity contribution is 0.0785. The number of hydrogen-bond donors (Lipinski definition) is 3. The zero-order chi connectivity index (χ0) is 24.7. The number of nitrogens with one attached hydrogen (secondary N) is 2. The van der Waals surface area contributed by atoms with E-state index < -0.39 is 22.2 Å². The Labute approximate surface area is 202 Å². The number of benzene rings is 1. The van der Waals surface area contributed by atoms with Crippen molar-refractivity contribution < 1.29 is 23.1 Å². The van der Waals surface area contributed by atoms with E-state index in [4.69, 9.17) is 4.74 Å². The second-order valence-electron chi connectivity index (χ2n) is 9.16. The summed E-state index contributed by atoms with van der Waals surface area (Å²) in [6, 6.07) is 2.69. The molecule has 33 heavy (non-hydrogen) atoms. The Balaban J connectivity index is 2.00.